The van der Waals surface area contributed by atoms with Crippen LogP contribution in [0.15, 0.2) is 46.4 Å². The van der Waals surface area contributed by atoms with Gasteiger partial charge in [0, 0.05) is 23.9 Å². The van der Waals surface area contributed by atoms with E-state index < -0.39 is 0 Å². The Morgan fingerprint density at radius 1 is 1.04 bits per heavy atom. The van der Waals surface area contributed by atoms with Crippen LogP contribution in [0.4, 0.5) is 5.69 Å². The van der Waals surface area contributed by atoms with Crippen molar-refractivity contribution < 1.29 is 18.9 Å². The van der Waals surface area contributed by atoms with Crippen molar-refractivity contribution in [3.05, 3.63) is 42.0 Å². The van der Waals surface area contributed by atoms with Crippen molar-refractivity contribution in [2.75, 3.05) is 26.3 Å². The standard InChI is InChI=1S/C18H21N5O4.ClH/c1-24-13-6-12(7-14(8-13)25-2)22-18(23-17(19)20)21-9-11-3-4-15-16(5-11)27-10-26-15;/h3-8H,9-10H2,1-2H3,(H5,19,20,21,22,23);1H. The van der Waals surface area contributed by atoms with Crippen molar-refractivity contribution in [2.24, 2.45) is 21.5 Å². The summed E-state index contributed by atoms with van der Waals surface area (Å²) >= 11 is 0. The van der Waals surface area contributed by atoms with Crippen LogP contribution < -0.4 is 35.7 Å². The Labute approximate surface area is 168 Å². The van der Waals surface area contributed by atoms with E-state index in [1.54, 1.807) is 32.4 Å². The van der Waals surface area contributed by atoms with Crippen molar-refractivity contribution >= 4 is 30.0 Å². The lowest BCUT2D eigenvalue weighted by Gasteiger charge is -2.11. The lowest BCUT2D eigenvalue weighted by Crippen LogP contribution is -2.26. The molecule has 0 atom stereocenters. The van der Waals surface area contributed by atoms with Gasteiger partial charge in [0.05, 0.1) is 20.8 Å². The zero-order chi connectivity index (χ0) is 19.2. The smallest absolute Gasteiger partial charge is 0.231 e. The van der Waals surface area contributed by atoms with E-state index in [9.17, 15) is 0 Å². The van der Waals surface area contributed by atoms with Gasteiger partial charge in [0.25, 0.3) is 0 Å². The number of guanidine groups is 2. The molecule has 150 valence electrons. The van der Waals surface area contributed by atoms with Crippen molar-refractivity contribution in [3.8, 4) is 23.0 Å². The maximum absolute atomic E-state index is 5.52. The lowest BCUT2D eigenvalue weighted by atomic mass is 10.2. The molecular formula is C18H22ClN5O4. The minimum absolute atomic E-state index is 0. The van der Waals surface area contributed by atoms with Gasteiger partial charge in [-0.25, -0.2) is 4.99 Å². The lowest BCUT2D eigenvalue weighted by molar-refractivity contribution is 0.174. The first kappa shape index (κ1) is 21.0. The minimum Gasteiger partial charge on any atom is -0.497 e. The van der Waals surface area contributed by atoms with E-state index >= 15 is 0 Å². The molecule has 0 amide bonds. The number of nitrogens with two attached hydrogens (primary N) is 2. The van der Waals surface area contributed by atoms with Crippen molar-refractivity contribution in [3.63, 3.8) is 0 Å². The Balaban J connectivity index is 0.00000280. The number of methoxy groups -OCH3 is 2. The second kappa shape index (κ2) is 9.56. The van der Waals surface area contributed by atoms with Crippen molar-refractivity contribution in [1.29, 1.82) is 0 Å². The molecule has 0 bridgehead atoms. The Morgan fingerprint density at radius 2 is 1.71 bits per heavy atom. The Morgan fingerprint density at radius 3 is 2.36 bits per heavy atom. The Hall–Kier alpha value is -3.33. The van der Waals surface area contributed by atoms with E-state index in [0.29, 0.717) is 35.2 Å². The molecule has 9 nitrogen and oxygen atoms in total. The number of nitrogens with one attached hydrogen (secondary N) is 1. The van der Waals surface area contributed by atoms with Gasteiger partial charge in [-0.2, -0.15) is 4.99 Å². The number of fused-ring (bicyclic) bond motifs is 1. The molecule has 0 aliphatic carbocycles. The van der Waals surface area contributed by atoms with E-state index in [0.717, 1.165) is 5.56 Å². The molecule has 3 rings (SSSR count). The average molecular weight is 408 g/mol. The molecular weight excluding hydrogens is 386 g/mol. The molecule has 5 N–H and O–H groups in total. The molecule has 0 saturated carbocycles. The molecule has 0 saturated heterocycles. The van der Waals surface area contributed by atoms with Gasteiger partial charge in [0.15, 0.2) is 17.5 Å². The average Bonchev–Trinajstić information content (AvgIpc) is 3.13. The normalized spacial score (nSPS) is 12.0. The molecule has 0 aromatic heterocycles. The third kappa shape index (κ3) is 5.34. The summed E-state index contributed by atoms with van der Waals surface area (Å²) in [6, 6.07) is 10.9. The second-order valence-electron chi connectivity index (χ2n) is 5.59. The highest BCUT2D eigenvalue weighted by atomic mass is 35.5. The number of aliphatic imine (C=N–C) groups is 2. The van der Waals surface area contributed by atoms with Gasteiger partial charge in [-0.1, -0.05) is 6.07 Å². The minimum atomic E-state index is -0.109. The second-order valence-corrected chi connectivity index (χ2v) is 5.59. The van der Waals surface area contributed by atoms with Crippen LogP contribution in [0.5, 0.6) is 23.0 Å². The number of nitrogens with zero attached hydrogens (tertiary/aromatic N) is 2. The van der Waals surface area contributed by atoms with Crippen LogP contribution in [0.2, 0.25) is 0 Å². The van der Waals surface area contributed by atoms with Crippen molar-refractivity contribution in [1.82, 2.24) is 0 Å². The van der Waals surface area contributed by atoms with E-state index in [2.05, 4.69) is 15.3 Å². The number of hydrogen-bond acceptors (Lipinski definition) is 5. The first-order valence-electron chi connectivity index (χ1n) is 8.10. The third-order valence-electron chi connectivity index (χ3n) is 3.69. The molecule has 2 aromatic rings. The summed E-state index contributed by atoms with van der Waals surface area (Å²) in [4.78, 5) is 8.49. The van der Waals surface area contributed by atoms with Crippen LogP contribution in [-0.4, -0.2) is 32.9 Å². The fourth-order valence-corrected chi connectivity index (χ4v) is 2.44. The highest BCUT2D eigenvalue weighted by Crippen LogP contribution is 2.32. The molecule has 0 unspecified atom stereocenters. The number of hydrogen-bond donors (Lipinski definition) is 3. The molecule has 0 fully saturated rings. The topological polar surface area (TPSA) is 126 Å². The van der Waals surface area contributed by atoms with Crippen LogP contribution in [-0.2, 0) is 6.54 Å². The quantitative estimate of drug-likeness (QED) is 0.511. The number of benzene rings is 2. The summed E-state index contributed by atoms with van der Waals surface area (Å²) in [5, 5.41) is 3.07. The summed E-state index contributed by atoms with van der Waals surface area (Å²) in [6.45, 7) is 0.567. The SMILES string of the molecule is COc1cc(NC(N=C(N)N)=NCc2ccc3c(c2)OCO3)cc(OC)c1.Cl. The molecule has 10 heteroatoms. The fraction of sp³-hybridized carbons (Fsp3) is 0.222. The summed E-state index contributed by atoms with van der Waals surface area (Å²) in [6.07, 6.45) is 0. The molecule has 1 aliphatic heterocycles. The summed E-state index contributed by atoms with van der Waals surface area (Å²) in [5.74, 6) is 2.79. The predicted octanol–water partition coefficient (Wildman–Crippen LogP) is 2.10. The summed E-state index contributed by atoms with van der Waals surface area (Å²) in [7, 11) is 3.15. The van der Waals surface area contributed by atoms with Gasteiger partial charge < -0.3 is 35.7 Å². The van der Waals surface area contributed by atoms with E-state index in [1.807, 2.05) is 18.2 Å². The number of anilines is 1. The van der Waals surface area contributed by atoms with Crippen LogP contribution in [0.3, 0.4) is 0 Å². The van der Waals surface area contributed by atoms with Gasteiger partial charge in [0.2, 0.25) is 12.8 Å². The third-order valence-corrected chi connectivity index (χ3v) is 3.69. The highest BCUT2D eigenvalue weighted by Gasteiger charge is 2.13. The van der Waals surface area contributed by atoms with Gasteiger partial charge >= 0.3 is 0 Å². The zero-order valence-electron chi connectivity index (χ0n) is 15.5. The van der Waals surface area contributed by atoms with Gasteiger partial charge in [-0.3, -0.25) is 0 Å². The van der Waals surface area contributed by atoms with E-state index in [-0.39, 0.29) is 31.1 Å². The Kier molecular flexibility index (Phi) is 7.16. The maximum atomic E-state index is 5.52. The Bertz CT molecular complexity index is 862. The van der Waals surface area contributed by atoms with Crippen LogP contribution in [0.1, 0.15) is 5.56 Å². The largest absolute Gasteiger partial charge is 0.497 e. The highest BCUT2D eigenvalue weighted by molar-refractivity contribution is 6.01. The maximum Gasteiger partial charge on any atom is 0.231 e. The van der Waals surface area contributed by atoms with E-state index in [4.69, 9.17) is 30.4 Å². The summed E-state index contributed by atoms with van der Waals surface area (Å²) in [5.41, 5.74) is 12.6. The van der Waals surface area contributed by atoms with Gasteiger partial charge in [-0.15, -0.1) is 12.4 Å². The fourth-order valence-electron chi connectivity index (χ4n) is 2.44. The first-order valence-corrected chi connectivity index (χ1v) is 8.10. The zero-order valence-corrected chi connectivity index (χ0v) is 16.3. The number of ether oxygens (including phenoxy) is 4. The molecule has 0 spiro atoms. The number of halogens is 1. The van der Waals surface area contributed by atoms with E-state index in [1.165, 1.54) is 0 Å². The van der Waals surface area contributed by atoms with Crippen molar-refractivity contribution in [2.45, 2.75) is 6.54 Å². The van der Waals surface area contributed by atoms with Gasteiger partial charge in [-0.05, 0) is 17.7 Å². The first-order chi connectivity index (χ1) is 13.1. The number of rotatable bonds is 5. The predicted molar refractivity (Wildman–Crippen MR) is 110 cm³/mol. The molecule has 1 heterocycles. The van der Waals surface area contributed by atoms with Crippen LogP contribution in [0.25, 0.3) is 0 Å². The molecule has 0 radical (unpaired) electrons. The summed E-state index contributed by atoms with van der Waals surface area (Å²) < 4.78 is 21.2. The van der Waals surface area contributed by atoms with Gasteiger partial charge in [0.1, 0.15) is 11.5 Å². The molecule has 2 aromatic carbocycles. The van der Waals surface area contributed by atoms with Crippen LogP contribution in [0, 0.1) is 0 Å². The monoisotopic (exact) mass is 407 g/mol. The molecule has 1 aliphatic rings. The van der Waals surface area contributed by atoms with Crippen LogP contribution >= 0.6 is 12.4 Å². The molecule has 28 heavy (non-hydrogen) atoms.